The number of aliphatic hydroxyl groups is 1. The van der Waals surface area contributed by atoms with Crippen molar-refractivity contribution in [3.8, 4) is 0 Å². The summed E-state index contributed by atoms with van der Waals surface area (Å²) in [4.78, 5) is 11.5. The summed E-state index contributed by atoms with van der Waals surface area (Å²) in [6.45, 7) is 0.0446. The van der Waals surface area contributed by atoms with Crippen molar-refractivity contribution in [2.75, 3.05) is 0 Å². The molecule has 4 nitrogen and oxygen atoms in total. The minimum Gasteiger partial charge on any atom is -0.445 e. The highest BCUT2D eigenvalue weighted by Gasteiger charge is 2.57. The van der Waals surface area contributed by atoms with Gasteiger partial charge < -0.3 is 15.2 Å². The number of halogens is 3. The van der Waals surface area contributed by atoms with Crippen LogP contribution in [0.2, 0.25) is 0 Å². The van der Waals surface area contributed by atoms with Gasteiger partial charge in [-0.3, -0.25) is 0 Å². The molecule has 0 saturated heterocycles. The molecule has 1 saturated carbocycles. The van der Waals surface area contributed by atoms with Gasteiger partial charge in [0.1, 0.15) is 6.61 Å². The zero-order chi connectivity index (χ0) is 15.5. The molecule has 1 amide bonds. The number of alkyl halides is 3. The van der Waals surface area contributed by atoms with Crippen molar-refractivity contribution < 1.29 is 27.8 Å². The Morgan fingerprint density at radius 3 is 2.62 bits per heavy atom. The minimum atomic E-state index is -4.68. The molecule has 0 bridgehead atoms. The maximum absolute atomic E-state index is 12.6. The van der Waals surface area contributed by atoms with E-state index in [-0.39, 0.29) is 13.0 Å². The standard InChI is InChI=1S/C14H16F3NO3/c15-14(16,17)13(20)7-6-11(8-13)18-12(19)21-9-10-4-2-1-3-5-10/h1-5,11,20H,6-9H2,(H,18,19). The van der Waals surface area contributed by atoms with E-state index in [1.165, 1.54) is 0 Å². The average molecular weight is 303 g/mol. The van der Waals surface area contributed by atoms with Crippen LogP contribution in [-0.2, 0) is 11.3 Å². The predicted molar refractivity (Wildman–Crippen MR) is 68.4 cm³/mol. The van der Waals surface area contributed by atoms with Gasteiger partial charge in [-0.25, -0.2) is 4.79 Å². The summed E-state index contributed by atoms with van der Waals surface area (Å²) in [7, 11) is 0. The summed E-state index contributed by atoms with van der Waals surface area (Å²) in [6.07, 6.45) is -6.36. The zero-order valence-electron chi connectivity index (χ0n) is 11.2. The second-order valence-electron chi connectivity index (χ2n) is 5.18. The number of hydrogen-bond donors (Lipinski definition) is 2. The van der Waals surface area contributed by atoms with Crippen molar-refractivity contribution in [3.05, 3.63) is 35.9 Å². The van der Waals surface area contributed by atoms with Crippen molar-refractivity contribution in [1.82, 2.24) is 5.32 Å². The van der Waals surface area contributed by atoms with Crippen molar-refractivity contribution in [2.24, 2.45) is 0 Å². The SMILES string of the molecule is O=C(NC1CCC(O)(C(F)(F)F)C1)OCc1ccccc1. The van der Waals surface area contributed by atoms with E-state index in [1.54, 1.807) is 24.3 Å². The molecule has 0 radical (unpaired) electrons. The van der Waals surface area contributed by atoms with E-state index in [1.807, 2.05) is 6.07 Å². The van der Waals surface area contributed by atoms with E-state index >= 15 is 0 Å². The normalized spacial score (nSPS) is 25.6. The Morgan fingerprint density at radius 1 is 1.38 bits per heavy atom. The number of alkyl carbamates (subject to hydrolysis) is 1. The summed E-state index contributed by atoms with van der Waals surface area (Å²) in [5, 5.41) is 11.9. The molecule has 1 aliphatic rings. The molecule has 1 aromatic rings. The lowest BCUT2D eigenvalue weighted by atomic mass is 10.0. The molecule has 0 aromatic heterocycles. The Bertz CT molecular complexity index is 492. The molecule has 0 spiro atoms. The highest BCUT2D eigenvalue weighted by molar-refractivity contribution is 5.67. The van der Waals surface area contributed by atoms with Gasteiger partial charge in [0.25, 0.3) is 0 Å². The van der Waals surface area contributed by atoms with E-state index in [9.17, 15) is 23.1 Å². The number of benzene rings is 1. The molecule has 0 aliphatic heterocycles. The van der Waals surface area contributed by atoms with Crippen LogP contribution in [0.4, 0.5) is 18.0 Å². The van der Waals surface area contributed by atoms with Crippen LogP contribution in [0.25, 0.3) is 0 Å². The number of carbonyl (C=O) groups is 1. The Balaban J connectivity index is 1.79. The monoisotopic (exact) mass is 303 g/mol. The molecule has 7 heteroatoms. The fraction of sp³-hybridized carbons (Fsp3) is 0.500. The highest BCUT2D eigenvalue weighted by atomic mass is 19.4. The van der Waals surface area contributed by atoms with Crippen LogP contribution >= 0.6 is 0 Å². The lowest BCUT2D eigenvalue weighted by molar-refractivity contribution is -0.257. The van der Waals surface area contributed by atoms with Crippen LogP contribution in [0, 0.1) is 0 Å². The first kappa shape index (κ1) is 15.6. The first-order chi connectivity index (χ1) is 9.80. The molecule has 2 rings (SSSR count). The molecule has 1 aliphatic carbocycles. The van der Waals surface area contributed by atoms with Crippen molar-refractivity contribution >= 4 is 6.09 Å². The first-order valence-corrected chi connectivity index (χ1v) is 6.56. The van der Waals surface area contributed by atoms with Gasteiger partial charge in [0, 0.05) is 12.5 Å². The largest absolute Gasteiger partial charge is 0.445 e. The van der Waals surface area contributed by atoms with Crippen LogP contribution in [0.1, 0.15) is 24.8 Å². The lowest BCUT2D eigenvalue weighted by Gasteiger charge is -2.25. The van der Waals surface area contributed by atoms with Crippen LogP contribution in [0.5, 0.6) is 0 Å². The maximum atomic E-state index is 12.6. The minimum absolute atomic E-state index is 0.0446. The van der Waals surface area contributed by atoms with Crippen LogP contribution in [0.15, 0.2) is 30.3 Å². The Labute approximate surface area is 119 Å². The van der Waals surface area contributed by atoms with Crippen molar-refractivity contribution in [3.63, 3.8) is 0 Å². The fourth-order valence-corrected chi connectivity index (χ4v) is 2.34. The predicted octanol–water partition coefficient (Wildman–Crippen LogP) is 2.76. The molecule has 1 fully saturated rings. The van der Waals surface area contributed by atoms with Crippen LogP contribution in [0.3, 0.4) is 0 Å². The fourth-order valence-electron chi connectivity index (χ4n) is 2.34. The van der Waals surface area contributed by atoms with Gasteiger partial charge in [-0.05, 0) is 18.4 Å². The van der Waals surface area contributed by atoms with Gasteiger partial charge in [0.2, 0.25) is 0 Å². The van der Waals surface area contributed by atoms with Crippen molar-refractivity contribution in [1.29, 1.82) is 0 Å². The van der Waals surface area contributed by atoms with E-state index in [0.29, 0.717) is 0 Å². The maximum Gasteiger partial charge on any atom is 0.417 e. The number of carbonyl (C=O) groups excluding carboxylic acids is 1. The summed E-state index contributed by atoms with van der Waals surface area (Å²) >= 11 is 0. The number of hydrogen-bond acceptors (Lipinski definition) is 3. The van der Waals surface area contributed by atoms with Crippen LogP contribution in [-0.4, -0.2) is 29.0 Å². The zero-order valence-corrected chi connectivity index (χ0v) is 11.2. The third-order valence-corrected chi connectivity index (χ3v) is 3.55. The average Bonchev–Trinajstić information content (AvgIpc) is 2.80. The number of nitrogens with one attached hydrogen (secondary N) is 1. The second kappa shape index (κ2) is 5.93. The summed E-state index contributed by atoms with van der Waals surface area (Å²) in [5.41, 5.74) is -1.93. The summed E-state index contributed by atoms with van der Waals surface area (Å²) < 4.78 is 42.8. The Hall–Kier alpha value is -1.76. The van der Waals surface area contributed by atoms with Gasteiger partial charge in [-0.15, -0.1) is 0 Å². The topological polar surface area (TPSA) is 58.6 Å². The van der Waals surface area contributed by atoms with Gasteiger partial charge >= 0.3 is 12.3 Å². The first-order valence-electron chi connectivity index (χ1n) is 6.56. The van der Waals surface area contributed by atoms with E-state index < -0.39 is 36.8 Å². The molecule has 0 heterocycles. The summed E-state index contributed by atoms with van der Waals surface area (Å²) in [5.74, 6) is 0. The lowest BCUT2D eigenvalue weighted by Crippen LogP contribution is -2.44. The van der Waals surface area contributed by atoms with E-state index in [4.69, 9.17) is 4.74 Å². The molecular formula is C14H16F3NO3. The molecular weight excluding hydrogens is 287 g/mol. The summed E-state index contributed by atoms with van der Waals surface area (Å²) in [6, 6.07) is 8.20. The van der Waals surface area contributed by atoms with Gasteiger partial charge in [-0.2, -0.15) is 13.2 Å². The van der Waals surface area contributed by atoms with Gasteiger partial charge in [-0.1, -0.05) is 30.3 Å². The van der Waals surface area contributed by atoms with E-state index in [2.05, 4.69) is 5.32 Å². The van der Waals surface area contributed by atoms with Gasteiger partial charge in [0.05, 0.1) is 0 Å². The Morgan fingerprint density at radius 2 is 2.05 bits per heavy atom. The Kier molecular flexibility index (Phi) is 4.41. The molecule has 2 unspecified atom stereocenters. The smallest absolute Gasteiger partial charge is 0.417 e. The number of ether oxygens (including phenoxy) is 1. The van der Waals surface area contributed by atoms with Crippen molar-refractivity contribution in [2.45, 2.75) is 43.7 Å². The molecule has 2 N–H and O–H groups in total. The highest BCUT2D eigenvalue weighted by Crippen LogP contribution is 2.42. The second-order valence-corrected chi connectivity index (χ2v) is 5.18. The quantitative estimate of drug-likeness (QED) is 0.902. The molecule has 21 heavy (non-hydrogen) atoms. The van der Waals surface area contributed by atoms with Crippen LogP contribution < -0.4 is 5.32 Å². The van der Waals surface area contributed by atoms with E-state index in [0.717, 1.165) is 5.56 Å². The number of amides is 1. The molecule has 2 atom stereocenters. The number of rotatable bonds is 3. The third-order valence-electron chi connectivity index (χ3n) is 3.55. The van der Waals surface area contributed by atoms with Gasteiger partial charge in [0.15, 0.2) is 5.60 Å². The molecule has 116 valence electrons. The third kappa shape index (κ3) is 3.87. The molecule has 1 aromatic carbocycles.